The predicted octanol–water partition coefficient (Wildman–Crippen LogP) is 4.58. The number of hydrogen-bond acceptors (Lipinski definition) is 3. The average Bonchev–Trinajstić information content (AvgIpc) is 3.50. The molecule has 1 saturated carbocycles. The fraction of sp³-hybridized carbons (Fsp3) is 0.333. The SMILES string of the molecule is CCC(=O)c1ccc(OCC(=O)NC(c2ccc(Cl)cc2)C2CC2)cc1. The summed E-state index contributed by atoms with van der Waals surface area (Å²) in [6, 6.07) is 14.5. The molecule has 4 nitrogen and oxygen atoms in total. The van der Waals surface area contributed by atoms with Gasteiger partial charge in [-0.1, -0.05) is 30.7 Å². The molecule has 1 fully saturated rings. The summed E-state index contributed by atoms with van der Waals surface area (Å²) in [6.45, 7) is 1.77. The van der Waals surface area contributed by atoms with Gasteiger partial charge in [-0.2, -0.15) is 0 Å². The Morgan fingerprint density at radius 2 is 1.77 bits per heavy atom. The first kappa shape index (κ1) is 18.5. The predicted molar refractivity (Wildman–Crippen MR) is 102 cm³/mol. The van der Waals surface area contributed by atoms with Gasteiger partial charge in [-0.3, -0.25) is 9.59 Å². The maximum absolute atomic E-state index is 12.3. The van der Waals surface area contributed by atoms with Gasteiger partial charge in [-0.25, -0.2) is 0 Å². The van der Waals surface area contributed by atoms with E-state index in [2.05, 4.69) is 5.32 Å². The maximum Gasteiger partial charge on any atom is 0.258 e. The van der Waals surface area contributed by atoms with Crippen LogP contribution in [0.2, 0.25) is 5.02 Å². The lowest BCUT2D eigenvalue weighted by molar-refractivity contribution is -0.124. The quantitative estimate of drug-likeness (QED) is 0.691. The molecule has 0 radical (unpaired) electrons. The van der Waals surface area contributed by atoms with Crippen molar-refractivity contribution in [3.63, 3.8) is 0 Å². The highest BCUT2D eigenvalue weighted by Gasteiger charge is 2.33. The highest BCUT2D eigenvalue weighted by atomic mass is 35.5. The first-order valence-corrected chi connectivity index (χ1v) is 9.25. The molecule has 5 heteroatoms. The van der Waals surface area contributed by atoms with E-state index in [0.29, 0.717) is 28.7 Å². The molecular formula is C21H22ClNO3. The third-order valence-corrected chi connectivity index (χ3v) is 4.76. The van der Waals surface area contributed by atoms with Crippen molar-refractivity contribution in [2.45, 2.75) is 32.2 Å². The molecular weight excluding hydrogens is 350 g/mol. The Bertz CT molecular complexity index is 767. The van der Waals surface area contributed by atoms with Crippen molar-refractivity contribution >= 4 is 23.3 Å². The zero-order valence-electron chi connectivity index (χ0n) is 14.7. The molecule has 2 aromatic carbocycles. The van der Waals surface area contributed by atoms with Gasteiger partial charge in [0.2, 0.25) is 0 Å². The van der Waals surface area contributed by atoms with Gasteiger partial charge in [0.25, 0.3) is 5.91 Å². The van der Waals surface area contributed by atoms with E-state index < -0.39 is 0 Å². The lowest BCUT2D eigenvalue weighted by Gasteiger charge is -2.19. The number of rotatable bonds is 8. The van der Waals surface area contributed by atoms with E-state index in [1.165, 1.54) is 0 Å². The molecule has 1 atom stereocenters. The number of hydrogen-bond donors (Lipinski definition) is 1. The van der Waals surface area contributed by atoms with E-state index in [-0.39, 0.29) is 24.3 Å². The molecule has 1 amide bonds. The van der Waals surface area contributed by atoms with Crippen LogP contribution in [0.5, 0.6) is 5.75 Å². The fourth-order valence-corrected chi connectivity index (χ4v) is 3.00. The second-order valence-electron chi connectivity index (χ2n) is 6.52. The van der Waals surface area contributed by atoms with E-state index in [1.54, 1.807) is 24.3 Å². The number of halogens is 1. The molecule has 1 aliphatic carbocycles. The van der Waals surface area contributed by atoms with Crippen molar-refractivity contribution in [3.8, 4) is 5.75 Å². The van der Waals surface area contributed by atoms with Crippen LogP contribution in [0.4, 0.5) is 0 Å². The minimum Gasteiger partial charge on any atom is -0.484 e. The first-order chi connectivity index (χ1) is 12.6. The number of benzene rings is 2. The summed E-state index contributed by atoms with van der Waals surface area (Å²) in [6.07, 6.45) is 2.69. The molecule has 0 bridgehead atoms. The van der Waals surface area contributed by atoms with Crippen molar-refractivity contribution in [1.29, 1.82) is 0 Å². The standard InChI is InChI=1S/C21H22ClNO3/c1-2-19(24)14-7-11-18(12-8-14)26-13-20(25)23-21(15-3-4-15)16-5-9-17(22)10-6-16/h5-12,15,21H,2-4,13H2,1H3,(H,23,25). The number of ketones is 1. The van der Waals surface area contributed by atoms with Gasteiger partial charge < -0.3 is 10.1 Å². The lowest BCUT2D eigenvalue weighted by atomic mass is 10.0. The van der Waals surface area contributed by atoms with Crippen molar-refractivity contribution in [2.75, 3.05) is 6.61 Å². The average molecular weight is 372 g/mol. The van der Waals surface area contributed by atoms with Gasteiger partial charge in [0.05, 0.1) is 6.04 Å². The Kier molecular flexibility index (Phi) is 5.94. The fourth-order valence-electron chi connectivity index (χ4n) is 2.88. The summed E-state index contributed by atoms with van der Waals surface area (Å²) in [5.41, 5.74) is 1.72. The number of carbonyl (C=O) groups is 2. The molecule has 2 aromatic rings. The molecule has 3 rings (SSSR count). The van der Waals surface area contributed by atoms with Crippen LogP contribution in [0, 0.1) is 5.92 Å². The van der Waals surface area contributed by atoms with E-state index in [4.69, 9.17) is 16.3 Å². The molecule has 1 N–H and O–H groups in total. The van der Waals surface area contributed by atoms with Crippen LogP contribution in [-0.4, -0.2) is 18.3 Å². The van der Waals surface area contributed by atoms with E-state index in [9.17, 15) is 9.59 Å². The Morgan fingerprint density at radius 3 is 2.35 bits per heavy atom. The van der Waals surface area contributed by atoms with E-state index in [0.717, 1.165) is 18.4 Å². The van der Waals surface area contributed by atoms with E-state index in [1.807, 2.05) is 31.2 Å². The van der Waals surface area contributed by atoms with Gasteiger partial charge >= 0.3 is 0 Å². The number of carbonyl (C=O) groups excluding carboxylic acids is 2. The zero-order chi connectivity index (χ0) is 18.5. The van der Waals surface area contributed by atoms with Crippen molar-refractivity contribution in [1.82, 2.24) is 5.32 Å². The molecule has 0 heterocycles. The lowest BCUT2D eigenvalue weighted by Crippen LogP contribution is -2.33. The van der Waals surface area contributed by atoms with Gasteiger partial charge in [0.1, 0.15) is 5.75 Å². The zero-order valence-corrected chi connectivity index (χ0v) is 15.5. The molecule has 1 unspecified atom stereocenters. The van der Waals surface area contributed by atoms with E-state index >= 15 is 0 Å². The molecule has 136 valence electrons. The number of nitrogens with one attached hydrogen (secondary N) is 1. The normalized spacial score (nSPS) is 14.5. The molecule has 0 aliphatic heterocycles. The van der Waals surface area contributed by atoms with Crippen LogP contribution in [0.1, 0.15) is 48.1 Å². The molecule has 26 heavy (non-hydrogen) atoms. The first-order valence-electron chi connectivity index (χ1n) is 8.87. The molecule has 1 aliphatic rings. The van der Waals surface area contributed by atoms with Crippen LogP contribution < -0.4 is 10.1 Å². The Hall–Kier alpha value is -2.33. The topological polar surface area (TPSA) is 55.4 Å². The monoisotopic (exact) mass is 371 g/mol. The largest absolute Gasteiger partial charge is 0.484 e. The smallest absolute Gasteiger partial charge is 0.258 e. The van der Waals surface area contributed by atoms with Crippen LogP contribution >= 0.6 is 11.6 Å². The summed E-state index contributed by atoms with van der Waals surface area (Å²) in [5.74, 6) is 0.969. The summed E-state index contributed by atoms with van der Waals surface area (Å²) in [4.78, 5) is 23.9. The van der Waals surface area contributed by atoms with Crippen LogP contribution in [0.3, 0.4) is 0 Å². The second kappa shape index (κ2) is 8.37. The third-order valence-electron chi connectivity index (χ3n) is 4.51. The highest BCUT2D eigenvalue weighted by Crippen LogP contribution is 2.41. The van der Waals surface area contributed by atoms with Gasteiger partial charge in [0, 0.05) is 17.0 Å². The summed E-state index contributed by atoms with van der Waals surface area (Å²) in [7, 11) is 0. The third kappa shape index (κ3) is 4.85. The maximum atomic E-state index is 12.3. The minimum atomic E-state index is -0.162. The number of Topliss-reactive ketones (excluding diaryl/α,β-unsaturated/α-hetero) is 1. The van der Waals surface area contributed by atoms with Gasteiger partial charge in [-0.05, 0) is 60.7 Å². The molecule has 0 spiro atoms. The van der Waals surface area contributed by atoms with Gasteiger partial charge in [0.15, 0.2) is 12.4 Å². The minimum absolute atomic E-state index is 0.00656. The Morgan fingerprint density at radius 1 is 1.12 bits per heavy atom. The van der Waals surface area contributed by atoms with Crippen LogP contribution in [0.25, 0.3) is 0 Å². The summed E-state index contributed by atoms with van der Waals surface area (Å²) >= 11 is 5.95. The van der Waals surface area contributed by atoms with Gasteiger partial charge in [-0.15, -0.1) is 0 Å². The summed E-state index contributed by atoms with van der Waals surface area (Å²) in [5, 5.41) is 3.75. The second-order valence-corrected chi connectivity index (χ2v) is 6.96. The van der Waals surface area contributed by atoms with Crippen molar-refractivity contribution in [2.24, 2.45) is 5.92 Å². The number of amides is 1. The number of ether oxygens (including phenoxy) is 1. The van der Waals surface area contributed by atoms with Crippen molar-refractivity contribution < 1.29 is 14.3 Å². The van der Waals surface area contributed by atoms with Crippen molar-refractivity contribution in [3.05, 3.63) is 64.7 Å². The highest BCUT2D eigenvalue weighted by molar-refractivity contribution is 6.30. The molecule has 0 saturated heterocycles. The van der Waals surface area contributed by atoms with Crippen LogP contribution in [0.15, 0.2) is 48.5 Å². The summed E-state index contributed by atoms with van der Waals surface area (Å²) < 4.78 is 5.55. The Balaban J connectivity index is 1.55. The Labute approximate surface area is 158 Å². The molecule has 0 aromatic heterocycles. The van der Waals surface area contributed by atoms with Crippen LogP contribution in [-0.2, 0) is 4.79 Å².